The Balaban J connectivity index is 0.000000980. The van der Waals surface area contributed by atoms with Crippen LogP contribution in [0.4, 0.5) is 5.82 Å². The van der Waals surface area contributed by atoms with Crippen LogP contribution >= 0.6 is 0 Å². The van der Waals surface area contributed by atoms with Crippen molar-refractivity contribution in [1.82, 2.24) is 9.78 Å². The first kappa shape index (κ1) is 8.60. The molecular weight excluding hydrogens is 162 g/mol. The van der Waals surface area contributed by atoms with Crippen LogP contribution in [-0.2, 0) is 12.0 Å². The van der Waals surface area contributed by atoms with Crippen LogP contribution in [0, 0.1) is 0 Å². The van der Waals surface area contributed by atoms with E-state index in [9.17, 15) is 0 Å². The molecule has 3 heteroatoms. The number of nitrogens with zero attached hydrogens (tertiary/aromatic N) is 2. The Morgan fingerprint density at radius 3 is 3.00 bits per heavy atom. The van der Waals surface area contributed by atoms with Gasteiger partial charge in [-0.1, -0.05) is 20.8 Å². The highest BCUT2D eigenvalue weighted by atomic mass is 15.3. The van der Waals surface area contributed by atoms with E-state index in [1.165, 1.54) is 17.8 Å². The normalized spacial score (nSPS) is 16.5. The van der Waals surface area contributed by atoms with Crippen molar-refractivity contribution in [1.29, 1.82) is 0 Å². The van der Waals surface area contributed by atoms with Gasteiger partial charge in [0.05, 0.1) is 6.20 Å². The fourth-order valence-corrected chi connectivity index (χ4v) is 1.73. The average molecular weight is 181 g/mol. The fraction of sp³-hybridized carbons (Fsp3) is 0.700. The third kappa shape index (κ3) is 1.43. The quantitative estimate of drug-likeness (QED) is 0.665. The van der Waals surface area contributed by atoms with Crippen LogP contribution in [0.3, 0.4) is 0 Å². The smallest absolute Gasteiger partial charge is 0.128 e. The summed E-state index contributed by atoms with van der Waals surface area (Å²) in [6, 6.07) is 0. The minimum absolute atomic E-state index is 0. The standard InChI is InChI=1S/C10H17N3.H2/c1-10(2,3)8-7-12-13-6-4-5-11-9(8)13;/h7,11H,4-6H2,1-3H3;1H. The van der Waals surface area contributed by atoms with Crippen molar-refractivity contribution in [2.75, 3.05) is 11.9 Å². The van der Waals surface area contributed by atoms with Crippen molar-refractivity contribution in [3.8, 4) is 0 Å². The fourth-order valence-electron chi connectivity index (χ4n) is 1.73. The topological polar surface area (TPSA) is 29.9 Å². The SMILES string of the molecule is CC(C)(C)c1cnn2c1NCCC2.[HH]. The average Bonchev–Trinajstić information content (AvgIpc) is 2.45. The van der Waals surface area contributed by atoms with Gasteiger partial charge in [0.25, 0.3) is 0 Å². The van der Waals surface area contributed by atoms with E-state index in [0.29, 0.717) is 0 Å². The van der Waals surface area contributed by atoms with E-state index in [0.717, 1.165) is 13.1 Å². The zero-order chi connectivity index (χ0) is 9.47. The zero-order valence-corrected chi connectivity index (χ0v) is 8.59. The van der Waals surface area contributed by atoms with Crippen LogP contribution in [0.2, 0.25) is 0 Å². The van der Waals surface area contributed by atoms with Crippen molar-refractivity contribution in [3.05, 3.63) is 11.8 Å². The van der Waals surface area contributed by atoms with Crippen LogP contribution in [0.1, 0.15) is 34.2 Å². The first-order valence-corrected chi connectivity index (χ1v) is 4.89. The van der Waals surface area contributed by atoms with E-state index >= 15 is 0 Å². The van der Waals surface area contributed by atoms with Gasteiger partial charge in [-0.05, 0) is 11.8 Å². The number of fused-ring (bicyclic) bond motifs is 1. The lowest BCUT2D eigenvalue weighted by Crippen LogP contribution is -2.21. The summed E-state index contributed by atoms with van der Waals surface area (Å²) in [5.74, 6) is 1.22. The lowest BCUT2D eigenvalue weighted by Gasteiger charge is -2.23. The number of aromatic nitrogens is 2. The van der Waals surface area contributed by atoms with Crippen LogP contribution in [-0.4, -0.2) is 16.3 Å². The van der Waals surface area contributed by atoms with Crippen molar-refractivity contribution >= 4 is 5.82 Å². The Bertz CT molecular complexity index is 312. The number of nitrogens with one attached hydrogen (secondary N) is 1. The summed E-state index contributed by atoms with van der Waals surface area (Å²) in [5.41, 5.74) is 1.52. The number of aryl methyl sites for hydroxylation is 1. The molecule has 0 spiro atoms. The minimum atomic E-state index is 0. The Hall–Kier alpha value is -0.990. The monoisotopic (exact) mass is 181 g/mol. The van der Waals surface area contributed by atoms with E-state index in [2.05, 4.69) is 35.9 Å². The molecule has 0 fully saturated rings. The summed E-state index contributed by atoms with van der Waals surface area (Å²) in [6.07, 6.45) is 3.17. The second-order valence-corrected chi connectivity index (χ2v) is 4.66. The summed E-state index contributed by atoms with van der Waals surface area (Å²) in [6.45, 7) is 8.80. The third-order valence-electron chi connectivity index (χ3n) is 2.49. The number of anilines is 1. The van der Waals surface area contributed by atoms with Gasteiger partial charge in [-0.25, -0.2) is 4.68 Å². The highest BCUT2D eigenvalue weighted by molar-refractivity contribution is 5.48. The first-order chi connectivity index (χ1) is 6.09. The molecule has 0 atom stereocenters. The largest absolute Gasteiger partial charge is 0.370 e. The highest BCUT2D eigenvalue weighted by Crippen LogP contribution is 2.30. The molecule has 2 rings (SSSR count). The van der Waals surface area contributed by atoms with Crippen molar-refractivity contribution in [2.24, 2.45) is 0 Å². The maximum Gasteiger partial charge on any atom is 0.128 e. The maximum absolute atomic E-state index is 4.38. The molecule has 0 unspecified atom stereocenters. The molecule has 0 aromatic carbocycles. The lowest BCUT2D eigenvalue weighted by atomic mass is 9.88. The van der Waals surface area contributed by atoms with E-state index in [1.807, 2.05) is 6.20 Å². The Labute approximate surface area is 80.6 Å². The molecule has 0 radical (unpaired) electrons. The molecule has 1 aliphatic rings. The van der Waals surface area contributed by atoms with E-state index in [-0.39, 0.29) is 6.84 Å². The molecule has 1 aliphatic heterocycles. The Morgan fingerprint density at radius 1 is 1.54 bits per heavy atom. The van der Waals surface area contributed by atoms with Gasteiger partial charge in [-0.2, -0.15) is 5.10 Å². The Morgan fingerprint density at radius 2 is 2.31 bits per heavy atom. The molecule has 2 heterocycles. The predicted molar refractivity (Wildman–Crippen MR) is 56.1 cm³/mol. The predicted octanol–water partition coefficient (Wildman–Crippen LogP) is 2.24. The van der Waals surface area contributed by atoms with Crippen molar-refractivity contribution in [3.63, 3.8) is 0 Å². The second-order valence-electron chi connectivity index (χ2n) is 4.66. The summed E-state index contributed by atoms with van der Waals surface area (Å²) in [7, 11) is 0. The molecule has 74 valence electrons. The molecule has 0 saturated carbocycles. The highest BCUT2D eigenvalue weighted by Gasteiger charge is 2.23. The number of rotatable bonds is 0. The van der Waals surface area contributed by atoms with Crippen molar-refractivity contribution in [2.45, 2.75) is 39.2 Å². The van der Waals surface area contributed by atoms with Crippen molar-refractivity contribution < 1.29 is 1.43 Å². The van der Waals surface area contributed by atoms with E-state index in [4.69, 9.17) is 0 Å². The van der Waals surface area contributed by atoms with Crippen LogP contribution in [0.25, 0.3) is 0 Å². The van der Waals surface area contributed by atoms with Gasteiger partial charge in [-0.15, -0.1) is 0 Å². The van der Waals surface area contributed by atoms with E-state index in [1.54, 1.807) is 0 Å². The first-order valence-electron chi connectivity index (χ1n) is 4.89. The third-order valence-corrected chi connectivity index (χ3v) is 2.49. The van der Waals surface area contributed by atoms with Crippen LogP contribution in [0.15, 0.2) is 6.20 Å². The number of hydrogen-bond donors (Lipinski definition) is 1. The summed E-state index contributed by atoms with van der Waals surface area (Å²) >= 11 is 0. The minimum Gasteiger partial charge on any atom is -0.370 e. The van der Waals surface area contributed by atoms with Gasteiger partial charge in [0.1, 0.15) is 5.82 Å². The van der Waals surface area contributed by atoms with E-state index < -0.39 is 0 Å². The maximum atomic E-state index is 4.38. The van der Waals surface area contributed by atoms with Gasteiger partial charge >= 0.3 is 0 Å². The molecular formula is C10H19N3. The van der Waals surface area contributed by atoms with Gasteiger partial charge < -0.3 is 5.32 Å². The molecule has 3 nitrogen and oxygen atoms in total. The molecule has 13 heavy (non-hydrogen) atoms. The van der Waals surface area contributed by atoms with Gasteiger partial charge in [-0.3, -0.25) is 0 Å². The molecule has 0 aliphatic carbocycles. The van der Waals surface area contributed by atoms with Gasteiger partial charge in [0.15, 0.2) is 0 Å². The summed E-state index contributed by atoms with van der Waals surface area (Å²) in [4.78, 5) is 0. The molecule has 0 saturated heterocycles. The van der Waals surface area contributed by atoms with Crippen LogP contribution < -0.4 is 5.32 Å². The van der Waals surface area contributed by atoms with Gasteiger partial charge in [0.2, 0.25) is 0 Å². The Kier molecular flexibility index (Phi) is 1.82. The molecule has 0 amide bonds. The zero-order valence-electron chi connectivity index (χ0n) is 8.59. The molecule has 1 N–H and O–H groups in total. The lowest BCUT2D eigenvalue weighted by molar-refractivity contribution is 0.556. The number of hydrogen-bond acceptors (Lipinski definition) is 2. The van der Waals surface area contributed by atoms with Crippen LogP contribution in [0.5, 0.6) is 0 Å². The van der Waals surface area contributed by atoms with Gasteiger partial charge in [0, 0.05) is 20.1 Å². The summed E-state index contributed by atoms with van der Waals surface area (Å²) in [5, 5.41) is 7.80. The summed E-state index contributed by atoms with van der Waals surface area (Å²) < 4.78 is 2.07. The molecule has 1 aromatic heterocycles. The molecule has 0 bridgehead atoms. The second kappa shape index (κ2) is 2.76. The molecule has 1 aromatic rings.